The third-order valence-electron chi connectivity index (χ3n) is 5.52. The summed E-state index contributed by atoms with van der Waals surface area (Å²) >= 11 is 1.65. The van der Waals surface area contributed by atoms with Crippen molar-refractivity contribution in [3.8, 4) is 5.75 Å². The molecule has 5 nitrogen and oxygen atoms in total. The van der Waals surface area contributed by atoms with E-state index in [-0.39, 0.29) is 17.9 Å². The molecular formula is C29H34N2O3S. The van der Waals surface area contributed by atoms with Gasteiger partial charge in [-0.3, -0.25) is 9.59 Å². The van der Waals surface area contributed by atoms with Crippen molar-refractivity contribution < 1.29 is 14.3 Å². The van der Waals surface area contributed by atoms with Crippen molar-refractivity contribution in [2.75, 3.05) is 12.9 Å². The monoisotopic (exact) mass is 490 g/mol. The zero-order valence-corrected chi connectivity index (χ0v) is 21.5. The normalized spacial score (nSPS) is 11.7. The van der Waals surface area contributed by atoms with E-state index < -0.39 is 6.04 Å². The van der Waals surface area contributed by atoms with E-state index in [1.807, 2.05) is 98.8 Å². The van der Waals surface area contributed by atoms with Crippen LogP contribution < -0.4 is 10.1 Å². The number of carbonyl (C=O) groups excluding carboxylic acids is 2. The molecule has 0 heterocycles. The fraction of sp³-hybridized carbons (Fsp3) is 0.310. The first-order chi connectivity index (χ1) is 17.0. The minimum absolute atomic E-state index is 0.0248. The Kier molecular flexibility index (Phi) is 10.2. The number of hydrogen-bond acceptors (Lipinski definition) is 4. The molecule has 2 amide bonds. The number of rotatable bonds is 12. The molecule has 3 aromatic rings. The van der Waals surface area contributed by atoms with Crippen molar-refractivity contribution >= 4 is 23.6 Å². The zero-order valence-electron chi connectivity index (χ0n) is 20.6. The molecule has 35 heavy (non-hydrogen) atoms. The fourth-order valence-electron chi connectivity index (χ4n) is 3.82. The molecule has 0 aliphatic heterocycles. The van der Waals surface area contributed by atoms with Crippen molar-refractivity contribution in [2.24, 2.45) is 0 Å². The Morgan fingerprint density at radius 3 is 2.23 bits per heavy atom. The molecule has 0 unspecified atom stereocenters. The highest BCUT2D eigenvalue weighted by Gasteiger charge is 2.30. The maximum Gasteiger partial charge on any atom is 0.243 e. The van der Waals surface area contributed by atoms with Crippen molar-refractivity contribution in [1.82, 2.24) is 10.2 Å². The van der Waals surface area contributed by atoms with Crippen LogP contribution in [-0.2, 0) is 22.6 Å². The predicted molar refractivity (Wildman–Crippen MR) is 143 cm³/mol. The molecule has 6 heteroatoms. The number of ether oxygens (including phenoxy) is 1. The van der Waals surface area contributed by atoms with E-state index in [0.29, 0.717) is 25.1 Å². The summed E-state index contributed by atoms with van der Waals surface area (Å²) in [5.74, 6) is 1.18. The Morgan fingerprint density at radius 2 is 1.57 bits per heavy atom. The second-order valence-electron chi connectivity index (χ2n) is 8.65. The largest absolute Gasteiger partial charge is 0.497 e. The van der Waals surface area contributed by atoms with Gasteiger partial charge in [-0.05, 0) is 49.2 Å². The highest BCUT2D eigenvalue weighted by atomic mass is 32.2. The standard InChI is InChI=1S/C29H34N2O3S/c1-22(2)30-29(33)27(20-23-11-6-4-7-12-23)31(21-24-13-10-14-25(19-24)34-3)28(32)17-18-35-26-15-8-5-9-16-26/h4-16,19,22,27H,17-18,20-21H2,1-3H3,(H,30,33)/t27-/m1/s1. The van der Waals surface area contributed by atoms with E-state index in [9.17, 15) is 9.59 Å². The van der Waals surface area contributed by atoms with Gasteiger partial charge in [-0.15, -0.1) is 11.8 Å². The molecule has 1 N–H and O–H groups in total. The summed E-state index contributed by atoms with van der Waals surface area (Å²) in [4.78, 5) is 29.8. The average molecular weight is 491 g/mol. The number of benzene rings is 3. The molecule has 0 radical (unpaired) electrons. The average Bonchev–Trinajstić information content (AvgIpc) is 2.87. The third kappa shape index (κ3) is 8.48. The van der Waals surface area contributed by atoms with Crippen molar-refractivity contribution in [2.45, 2.75) is 50.2 Å². The summed E-state index contributed by atoms with van der Waals surface area (Å²) in [7, 11) is 1.62. The van der Waals surface area contributed by atoms with Crippen LogP contribution in [0.25, 0.3) is 0 Å². The van der Waals surface area contributed by atoms with Crippen LogP contribution in [-0.4, -0.2) is 41.7 Å². The van der Waals surface area contributed by atoms with E-state index in [4.69, 9.17) is 4.74 Å². The summed E-state index contributed by atoms with van der Waals surface area (Å²) in [5, 5.41) is 3.03. The Hall–Kier alpha value is -3.25. The number of thioether (sulfide) groups is 1. The van der Waals surface area contributed by atoms with Gasteiger partial charge in [0, 0.05) is 36.1 Å². The summed E-state index contributed by atoms with van der Waals surface area (Å²) in [6, 6.07) is 26.9. The zero-order chi connectivity index (χ0) is 25.0. The van der Waals surface area contributed by atoms with Gasteiger partial charge in [0.25, 0.3) is 0 Å². The molecule has 1 atom stereocenters. The van der Waals surface area contributed by atoms with Gasteiger partial charge >= 0.3 is 0 Å². The highest BCUT2D eigenvalue weighted by Crippen LogP contribution is 2.22. The molecule has 0 aliphatic rings. The lowest BCUT2D eigenvalue weighted by molar-refractivity contribution is -0.141. The van der Waals surface area contributed by atoms with Crippen LogP contribution in [0.3, 0.4) is 0 Å². The SMILES string of the molecule is COc1cccc(CN(C(=O)CCSc2ccccc2)[C@H](Cc2ccccc2)C(=O)NC(C)C)c1. The number of amides is 2. The molecule has 3 aromatic carbocycles. The van der Waals surface area contributed by atoms with E-state index in [1.165, 1.54) is 0 Å². The fourth-order valence-corrected chi connectivity index (χ4v) is 4.68. The molecule has 0 spiro atoms. The molecular weight excluding hydrogens is 456 g/mol. The molecule has 0 fully saturated rings. The maximum absolute atomic E-state index is 13.6. The number of nitrogens with one attached hydrogen (secondary N) is 1. The first-order valence-corrected chi connectivity index (χ1v) is 12.9. The second-order valence-corrected chi connectivity index (χ2v) is 9.82. The second kappa shape index (κ2) is 13.6. The topological polar surface area (TPSA) is 58.6 Å². The number of carbonyl (C=O) groups is 2. The highest BCUT2D eigenvalue weighted by molar-refractivity contribution is 7.99. The molecule has 0 bridgehead atoms. The molecule has 0 saturated heterocycles. The van der Waals surface area contributed by atoms with E-state index in [2.05, 4.69) is 5.32 Å². The minimum atomic E-state index is -0.625. The molecule has 0 saturated carbocycles. The van der Waals surface area contributed by atoms with E-state index >= 15 is 0 Å². The van der Waals surface area contributed by atoms with E-state index in [1.54, 1.807) is 23.8 Å². The lowest BCUT2D eigenvalue weighted by atomic mass is 10.0. The van der Waals surface area contributed by atoms with Crippen LogP contribution in [0.1, 0.15) is 31.4 Å². The van der Waals surface area contributed by atoms with Crippen LogP contribution in [0.4, 0.5) is 0 Å². The maximum atomic E-state index is 13.6. The molecule has 3 rings (SSSR count). The first kappa shape index (κ1) is 26.4. The Balaban J connectivity index is 1.86. The minimum Gasteiger partial charge on any atom is -0.497 e. The lowest BCUT2D eigenvalue weighted by Gasteiger charge is -2.32. The summed E-state index contributed by atoms with van der Waals surface area (Å²) in [5.41, 5.74) is 1.93. The molecule has 0 aromatic heterocycles. The third-order valence-corrected chi connectivity index (χ3v) is 6.53. The lowest BCUT2D eigenvalue weighted by Crippen LogP contribution is -2.51. The Morgan fingerprint density at radius 1 is 0.914 bits per heavy atom. The van der Waals surface area contributed by atoms with Crippen LogP contribution in [0, 0.1) is 0 Å². The van der Waals surface area contributed by atoms with Gasteiger partial charge in [0.15, 0.2) is 0 Å². The van der Waals surface area contributed by atoms with Gasteiger partial charge in [0.2, 0.25) is 11.8 Å². The number of methoxy groups -OCH3 is 1. The number of nitrogens with zero attached hydrogens (tertiary/aromatic N) is 1. The van der Waals surface area contributed by atoms with Gasteiger partial charge < -0.3 is 15.0 Å². The van der Waals surface area contributed by atoms with Crippen molar-refractivity contribution in [3.63, 3.8) is 0 Å². The van der Waals surface area contributed by atoms with Crippen molar-refractivity contribution in [3.05, 3.63) is 96.1 Å². The van der Waals surface area contributed by atoms with Crippen LogP contribution in [0.5, 0.6) is 5.75 Å². The van der Waals surface area contributed by atoms with Crippen LogP contribution in [0.2, 0.25) is 0 Å². The van der Waals surface area contributed by atoms with Gasteiger partial charge in [-0.1, -0.05) is 60.7 Å². The van der Waals surface area contributed by atoms with Gasteiger partial charge in [0.05, 0.1) is 7.11 Å². The summed E-state index contributed by atoms with van der Waals surface area (Å²) < 4.78 is 5.38. The molecule has 184 valence electrons. The van der Waals surface area contributed by atoms with Crippen molar-refractivity contribution in [1.29, 1.82) is 0 Å². The predicted octanol–water partition coefficient (Wildman–Crippen LogP) is 5.34. The Bertz CT molecular complexity index is 1070. The van der Waals surface area contributed by atoms with Crippen LogP contribution >= 0.6 is 11.8 Å². The van der Waals surface area contributed by atoms with Gasteiger partial charge in [0.1, 0.15) is 11.8 Å². The quantitative estimate of drug-likeness (QED) is 0.348. The van der Waals surface area contributed by atoms with Gasteiger partial charge in [-0.2, -0.15) is 0 Å². The summed E-state index contributed by atoms with van der Waals surface area (Å²) in [6.45, 7) is 4.19. The smallest absolute Gasteiger partial charge is 0.243 e. The van der Waals surface area contributed by atoms with Gasteiger partial charge in [-0.25, -0.2) is 0 Å². The van der Waals surface area contributed by atoms with Crippen LogP contribution in [0.15, 0.2) is 89.8 Å². The number of hydrogen-bond donors (Lipinski definition) is 1. The molecule has 0 aliphatic carbocycles. The summed E-state index contributed by atoms with van der Waals surface area (Å²) in [6.07, 6.45) is 0.782. The Labute approximate surface area is 212 Å². The van der Waals surface area contributed by atoms with E-state index in [0.717, 1.165) is 21.8 Å². The first-order valence-electron chi connectivity index (χ1n) is 11.9.